The first kappa shape index (κ1) is 6.83. The first-order valence-corrected chi connectivity index (χ1v) is 4.18. The lowest BCUT2D eigenvalue weighted by molar-refractivity contribution is 0.417. The zero-order chi connectivity index (χ0) is 7.84. The number of hydrogen-bond acceptors (Lipinski definition) is 2. The van der Waals surface area contributed by atoms with Crippen LogP contribution in [0.5, 0.6) is 0 Å². The van der Waals surface area contributed by atoms with Crippen LogP contribution in [0.1, 0.15) is 37.6 Å². The molecule has 1 aromatic heterocycles. The number of aromatic nitrogens is 3. The number of aryl methyl sites for hydroxylation is 1. The third-order valence-corrected chi connectivity index (χ3v) is 2.77. The van der Waals surface area contributed by atoms with E-state index in [0.29, 0.717) is 5.92 Å². The largest absolute Gasteiger partial charge is 0.197 e. The Morgan fingerprint density at radius 1 is 1.36 bits per heavy atom. The molecule has 2 unspecified atom stereocenters. The second-order valence-corrected chi connectivity index (χ2v) is 3.46. The van der Waals surface area contributed by atoms with E-state index in [2.05, 4.69) is 29.3 Å². The van der Waals surface area contributed by atoms with Gasteiger partial charge < -0.3 is 0 Å². The molecule has 2 rings (SSSR count). The topological polar surface area (TPSA) is 41.6 Å². The van der Waals surface area contributed by atoms with Gasteiger partial charge in [0.2, 0.25) is 0 Å². The molecule has 0 amide bonds. The van der Waals surface area contributed by atoms with Crippen molar-refractivity contribution in [3.63, 3.8) is 0 Å². The molecule has 0 radical (unpaired) electrons. The number of nitrogens with zero attached hydrogens (tertiary/aromatic N) is 2. The van der Waals surface area contributed by atoms with Crippen molar-refractivity contribution in [1.29, 1.82) is 0 Å². The number of aromatic amines is 1. The van der Waals surface area contributed by atoms with Crippen molar-refractivity contribution in [3.05, 3.63) is 11.4 Å². The fraction of sp³-hybridized carbons (Fsp3) is 0.750. The number of rotatable bonds is 0. The molecule has 0 saturated heterocycles. The molecule has 0 aromatic carbocycles. The Bertz CT molecular complexity index is 254. The number of hydrogen-bond donors (Lipinski definition) is 1. The van der Waals surface area contributed by atoms with Crippen LogP contribution in [0.4, 0.5) is 0 Å². The molecule has 1 aliphatic rings. The van der Waals surface area contributed by atoms with Crippen LogP contribution < -0.4 is 0 Å². The highest BCUT2D eigenvalue weighted by Gasteiger charge is 2.25. The van der Waals surface area contributed by atoms with Crippen LogP contribution in [0.25, 0.3) is 0 Å². The van der Waals surface area contributed by atoms with E-state index in [0.717, 1.165) is 12.3 Å². The average molecular weight is 151 g/mol. The Kier molecular flexibility index (Phi) is 1.44. The van der Waals surface area contributed by atoms with E-state index in [1.165, 1.54) is 17.8 Å². The number of H-pyrrole nitrogens is 1. The van der Waals surface area contributed by atoms with Crippen molar-refractivity contribution in [1.82, 2.24) is 15.4 Å². The zero-order valence-electron chi connectivity index (χ0n) is 6.96. The molecule has 1 heterocycles. The Balaban J connectivity index is 2.38. The Morgan fingerprint density at radius 2 is 2.18 bits per heavy atom. The molecule has 3 nitrogen and oxygen atoms in total. The fourth-order valence-corrected chi connectivity index (χ4v) is 1.69. The first-order chi connectivity index (χ1) is 5.29. The van der Waals surface area contributed by atoms with Gasteiger partial charge in [0.15, 0.2) is 0 Å². The van der Waals surface area contributed by atoms with Crippen LogP contribution >= 0.6 is 0 Å². The van der Waals surface area contributed by atoms with Crippen LogP contribution in [0.15, 0.2) is 0 Å². The summed E-state index contributed by atoms with van der Waals surface area (Å²) in [5, 5.41) is 10.9. The smallest absolute Gasteiger partial charge is 0.0887 e. The molecule has 0 saturated carbocycles. The molecule has 2 atom stereocenters. The van der Waals surface area contributed by atoms with E-state index >= 15 is 0 Å². The second-order valence-electron chi connectivity index (χ2n) is 3.46. The summed E-state index contributed by atoms with van der Waals surface area (Å²) in [4.78, 5) is 0. The van der Waals surface area contributed by atoms with Crippen molar-refractivity contribution in [3.8, 4) is 0 Å². The molecule has 1 N–H and O–H groups in total. The van der Waals surface area contributed by atoms with Crippen molar-refractivity contribution in [2.75, 3.05) is 0 Å². The predicted octanol–water partition coefficient (Wildman–Crippen LogP) is 1.49. The summed E-state index contributed by atoms with van der Waals surface area (Å²) >= 11 is 0. The van der Waals surface area contributed by atoms with Crippen LogP contribution in [0, 0.1) is 5.92 Å². The Morgan fingerprint density at radius 3 is 3.00 bits per heavy atom. The lowest BCUT2D eigenvalue weighted by Gasteiger charge is -2.22. The first-order valence-electron chi connectivity index (χ1n) is 4.18. The summed E-state index contributed by atoms with van der Waals surface area (Å²) in [7, 11) is 0. The van der Waals surface area contributed by atoms with E-state index < -0.39 is 0 Å². The summed E-state index contributed by atoms with van der Waals surface area (Å²) in [6.45, 7) is 4.51. The second kappa shape index (κ2) is 2.32. The predicted molar refractivity (Wildman–Crippen MR) is 42.3 cm³/mol. The van der Waals surface area contributed by atoms with Gasteiger partial charge in [-0.2, -0.15) is 15.4 Å². The molecular weight excluding hydrogens is 138 g/mol. The molecule has 3 heteroatoms. The average Bonchev–Trinajstić information content (AvgIpc) is 2.45. The van der Waals surface area contributed by atoms with Gasteiger partial charge in [0.1, 0.15) is 0 Å². The number of nitrogens with one attached hydrogen (secondary N) is 1. The highest BCUT2D eigenvalue weighted by molar-refractivity contribution is 5.17. The van der Waals surface area contributed by atoms with Gasteiger partial charge in [-0.3, -0.25) is 0 Å². The van der Waals surface area contributed by atoms with Gasteiger partial charge >= 0.3 is 0 Å². The van der Waals surface area contributed by atoms with Crippen LogP contribution in [-0.4, -0.2) is 15.4 Å². The molecule has 0 aliphatic heterocycles. The van der Waals surface area contributed by atoms with E-state index in [4.69, 9.17) is 0 Å². The molecule has 1 aliphatic carbocycles. The molecular formula is C8H13N3. The standard InChI is InChI=1S/C8H13N3/c1-5-3-4-7-8(6(5)2)10-11-9-7/h5-6H,3-4H2,1-2H3,(H,9,10,11). The SMILES string of the molecule is CC1CCc2n[nH]nc2C1C. The van der Waals surface area contributed by atoms with Gasteiger partial charge in [0.05, 0.1) is 11.4 Å². The maximum Gasteiger partial charge on any atom is 0.0887 e. The number of fused-ring (bicyclic) bond motifs is 1. The van der Waals surface area contributed by atoms with E-state index in [-0.39, 0.29) is 0 Å². The summed E-state index contributed by atoms with van der Waals surface area (Å²) in [6, 6.07) is 0. The molecule has 1 aromatic rings. The third kappa shape index (κ3) is 0.951. The maximum atomic E-state index is 4.15. The fourth-order valence-electron chi connectivity index (χ4n) is 1.69. The molecule has 0 spiro atoms. The van der Waals surface area contributed by atoms with Crippen molar-refractivity contribution in [2.45, 2.75) is 32.6 Å². The minimum absolute atomic E-state index is 0.581. The van der Waals surface area contributed by atoms with Gasteiger partial charge in [-0.25, -0.2) is 0 Å². The van der Waals surface area contributed by atoms with Crippen LogP contribution in [0.3, 0.4) is 0 Å². The van der Waals surface area contributed by atoms with Crippen LogP contribution in [-0.2, 0) is 6.42 Å². The lowest BCUT2D eigenvalue weighted by atomic mass is 9.82. The van der Waals surface area contributed by atoms with Crippen LogP contribution in [0.2, 0.25) is 0 Å². The minimum Gasteiger partial charge on any atom is -0.197 e. The normalized spacial score (nSPS) is 30.0. The Labute approximate surface area is 66.2 Å². The van der Waals surface area contributed by atoms with E-state index in [1.54, 1.807) is 0 Å². The van der Waals surface area contributed by atoms with Crippen molar-refractivity contribution < 1.29 is 0 Å². The molecule has 60 valence electrons. The van der Waals surface area contributed by atoms with Gasteiger partial charge in [-0.1, -0.05) is 13.8 Å². The third-order valence-electron chi connectivity index (χ3n) is 2.77. The summed E-state index contributed by atoms with van der Waals surface area (Å²) in [6.07, 6.45) is 2.35. The van der Waals surface area contributed by atoms with Gasteiger partial charge in [0, 0.05) is 5.92 Å². The van der Waals surface area contributed by atoms with Crippen molar-refractivity contribution >= 4 is 0 Å². The molecule has 11 heavy (non-hydrogen) atoms. The lowest BCUT2D eigenvalue weighted by Crippen LogP contribution is -2.15. The van der Waals surface area contributed by atoms with Gasteiger partial charge in [-0.15, -0.1) is 0 Å². The summed E-state index contributed by atoms with van der Waals surface area (Å²) < 4.78 is 0. The molecule has 0 fully saturated rings. The molecule has 0 bridgehead atoms. The van der Waals surface area contributed by atoms with Crippen molar-refractivity contribution in [2.24, 2.45) is 5.92 Å². The van der Waals surface area contributed by atoms with Gasteiger partial charge in [0.25, 0.3) is 0 Å². The monoisotopic (exact) mass is 151 g/mol. The van der Waals surface area contributed by atoms with E-state index in [1.807, 2.05) is 0 Å². The maximum absolute atomic E-state index is 4.15. The highest BCUT2D eigenvalue weighted by atomic mass is 15.3. The summed E-state index contributed by atoms with van der Waals surface area (Å²) in [5.74, 6) is 1.34. The minimum atomic E-state index is 0.581. The zero-order valence-corrected chi connectivity index (χ0v) is 6.96. The Hall–Kier alpha value is -0.860. The summed E-state index contributed by atoms with van der Waals surface area (Å²) in [5.41, 5.74) is 2.36. The van der Waals surface area contributed by atoms with E-state index in [9.17, 15) is 0 Å². The van der Waals surface area contributed by atoms with Gasteiger partial charge in [-0.05, 0) is 18.8 Å². The highest BCUT2D eigenvalue weighted by Crippen LogP contribution is 2.32. The quantitative estimate of drug-likeness (QED) is 0.610.